The summed E-state index contributed by atoms with van der Waals surface area (Å²) in [6.45, 7) is 3.87. The molecule has 2 amide bonds. The fourth-order valence-corrected chi connectivity index (χ4v) is 4.18. The number of carbonyl (C=O) groups excluding carboxylic acids is 2. The van der Waals surface area contributed by atoms with E-state index in [9.17, 15) is 9.59 Å². The predicted molar refractivity (Wildman–Crippen MR) is 128 cm³/mol. The summed E-state index contributed by atoms with van der Waals surface area (Å²) in [4.78, 5) is 33.5. The quantitative estimate of drug-likeness (QED) is 0.734. The normalized spacial score (nSPS) is 18.2. The minimum absolute atomic E-state index is 0.0953. The molecule has 1 aromatic carbocycles. The fraction of sp³-hybridized carbons (Fsp3) is 0.346. The van der Waals surface area contributed by atoms with E-state index < -0.39 is 0 Å². The summed E-state index contributed by atoms with van der Waals surface area (Å²) in [6.07, 6.45) is 9.68. The second-order valence-electron chi connectivity index (χ2n) is 8.64. The van der Waals surface area contributed by atoms with Gasteiger partial charge in [0, 0.05) is 68.9 Å². The molecule has 1 fully saturated rings. The van der Waals surface area contributed by atoms with Gasteiger partial charge in [0.15, 0.2) is 0 Å². The first kappa shape index (κ1) is 22.6. The number of ether oxygens (including phenoxy) is 1. The van der Waals surface area contributed by atoms with Crippen LogP contribution in [0.5, 0.6) is 11.5 Å². The lowest BCUT2D eigenvalue weighted by Crippen LogP contribution is -2.43. The molecule has 0 saturated carbocycles. The maximum atomic E-state index is 12.9. The highest BCUT2D eigenvalue weighted by Crippen LogP contribution is 2.29. The first-order chi connectivity index (χ1) is 15.9. The topological polar surface area (TPSA) is 74.8 Å². The van der Waals surface area contributed by atoms with E-state index in [0.717, 1.165) is 42.8 Å². The molecule has 1 unspecified atom stereocenters. The van der Waals surface area contributed by atoms with E-state index in [1.54, 1.807) is 29.3 Å². The summed E-state index contributed by atoms with van der Waals surface area (Å²) in [5, 5.41) is 2.94. The van der Waals surface area contributed by atoms with Crippen LogP contribution in [-0.2, 0) is 4.79 Å². The number of nitrogens with zero attached hydrogens (tertiary/aromatic N) is 3. The molecule has 1 atom stereocenters. The van der Waals surface area contributed by atoms with Crippen LogP contribution in [-0.4, -0.2) is 60.3 Å². The van der Waals surface area contributed by atoms with E-state index >= 15 is 0 Å². The molecule has 7 nitrogen and oxygen atoms in total. The maximum Gasteiger partial charge on any atom is 0.251 e. The maximum absolute atomic E-state index is 12.9. The van der Waals surface area contributed by atoms with Gasteiger partial charge in [-0.25, -0.2) is 0 Å². The van der Waals surface area contributed by atoms with Gasteiger partial charge in [-0.2, -0.15) is 0 Å². The van der Waals surface area contributed by atoms with Crippen molar-refractivity contribution in [3.05, 3.63) is 71.7 Å². The summed E-state index contributed by atoms with van der Waals surface area (Å²) < 4.78 is 6.14. The van der Waals surface area contributed by atoms with E-state index in [1.165, 1.54) is 0 Å². The van der Waals surface area contributed by atoms with Crippen molar-refractivity contribution in [2.24, 2.45) is 5.92 Å². The van der Waals surface area contributed by atoms with Crippen LogP contribution in [0.4, 0.5) is 0 Å². The number of piperidine rings is 1. The first-order valence-electron chi connectivity index (χ1n) is 11.3. The molecule has 2 aliphatic heterocycles. The lowest BCUT2D eigenvalue weighted by molar-refractivity contribution is -0.136. The molecule has 3 heterocycles. The zero-order chi connectivity index (χ0) is 23.4. The van der Waals surface area contributed by atoms with Crippen molar-refractivity contribution < 1.29 is 14.3 Å². The standard InChI is InChI=1S/C26H30N4O3/c1-18-22(25(31)28-16-19-7-6-14-30(3)26(19)32)9-4-10-24(18)33-21-11-12-27-23(15-21)20-8-5-13-29(2)17-20/h4-5,8-12,15,17,19H,6-7,13-14,16H2,1-3H3,(H,28,31). The van der Waals surface area contributed by atoms with Crippen molar-refractivity contribution in [1.29, 1.82) is 0 Å². The van der Waals surface area contributed by atoms with Crippen LogP contribution in [0.3, 0.4) is 0 Å². The molecule has 0 aliphatic carbocycles. The fourth-order valence-electron chi connectivity index (χ4n) is 4.18. The van der Waals surface area contributed by atoms with E-state index in [1.807, 2.05) is 33.2 Å². The lowest BCUT2D eigenvalue weighted by Gasteiger charge is -2.29. The van der Waals surface area contributed by atoms with Crippen molar-refractivity contribution in [2.45, 2.75) is 19.8 Å². The number of pyridine rings is 1. The second-order valence-corrected chi connectivity index (χ2v) is 8.64. The average molecular weight is 447 g/mol. The van der Waals surface area contributed by atoms with E-state index in [-0.39, 0.29) is 17.7 Å². The number of benzene rings is 1. The Labute approximate surface area is 194 Å². The van der Waals surface area contributed by atoms with Crippen LogP contribution in [0.15, 0.2) is 54.9 Å². The minimum Gasteiger partial charge on any atom is -0.457 e. The summed E-state index contributed by atoms with van der Waals surface area (Å²) >= 11 is 0. The van der Waals surface area contributed by atoms with Gasteiger partial charge in [0.25, 0.3) is 5.91 Å². The van der Waals surface area contributed by atoms with Gasteiger partial charge in [0.05, 0.1) is 11.6 Å². The number of aromatic nitrogens is 1. The average Bonchev–Trinajstić information content (AvgIpc) is 2.81. The van der Waals surface area contributed by atoms with Crippen LogP contribution in [0.1, 0.15) is 34.5 Å². The predicted octanol–water partition coefficient (Wildman–Crippen LogP) is 3.62. The van der Waals surface area contributed by atoms with Gasteiger partial charge in [0.2, 0.25) is 5.91 Å². The third-order valence-electron chi connectivity index (χ3n) is 6.11. The molecule has 172 valence electrons. The Morgan fingerprint density at radius 1 is 1.27 bits per heavy atom. The van der Waals surface area contributed by atoms with Crippen LogP contribution in [0, 0.1) is 12.8 Å². The molecule has 1 N–H and O–H groups in total. The minimum atomic E-state index is -0.199. The van der Waals surface area contributed by atoms with E-state index in [0.29, 0.717) is 23.6 Å². The van der Waals surface area contributed by atoms with Gasteiger partial charge >= 0.3 is 0 Å². The molecule has 0 bridgehead atoms. The molecule has 2 aromatic rings. The van der Waals surface area contributed by atoms with Gasteiger partial charge in [-0.1, -0.05) is 18.2 Å². The number of likely N-dealkylation sites (tertiary alicyclic amines) is 1. The Kier molecular flexibility index (Phi) is 6.77. The highest BCUT2D eigenvalue weighted by molar-refractivity contribution is 5.96. The SMILES string of the molecule is Cc1c(Oc2ccnc(C3=CN(C)CC=C3)c2)cccc1C(=O)NCC1CCCN(C)C1=O. The number of rotatable bonds is 6. The zero-order valence-electron chi connectivity index (χ0n) is 19.4. The molecule has 33 heavy (non-hydrogen) atoms. The van der Waals surface area contributed by atoms with E-state index in [2.05, 4.69) is 33.6 Å². The molecule has 2 aliphatic rings. The second kappa shape index (κ2) is 9.90. The summed E-state index contributed by atoms with van der Waals surface area (Å²) in [7, 11) is 3.83. The largest absolute Gasteiger partial charge is 0.457 e. The van der Waals surface area contributed by atoms with Gasteiger partial charge in [-0.3, -0.25) is 14.6 Å². The summed E-state index contributed by atoms with van der Waals surface area (Å²) in [5.41, 5.74) is 3.13. The number of likely N-dealkylation sites (N-methyl/N-ethyl adjacent to an activating group) is 1. The Morgan fingerprint density at radius 3 is 2.94 bits per heavy atom. The van der Waals surface area contributed by atoms with Crippen molar-refractivity contribution in [3.8, 4) is 11.5 Å². The number of hydrogen-bond donors (Lipinski definition) is 1. The molecular formula is C26H30N4O3. The smallest absolute Gasteiger partial charge is 0.251 e. The number of nitrogens with one attached hydrogen (secondary N) is 1. The van der Waals surface area contributed by atoms with Crippen LogP contribution < -0.4 is 10.1 Å². The number of amides is 2. The third-order valence-corrected chi connectivity index (χ3v) is 6.11. The first-order valence-corrected chi connectivity index (χ1v) is 11.3. The Balaban J connectivity index is 1.46. The number of allylic oxidation sites excluding steroid dienone is 2. The molecule has 1 saturated heterocycles. The van der Waals surface area contributed by atoms with Crippen molar-refractivity contribution in [3.63, 3.8) is 0 Å². The van der Waals surface area contributed by atoms with Gasteiger partial charge in [0.1, 0.15) is 11.5 Å². The molecule has 7 heteroatoms. The van der Waals surface area contributed by atoms with Gasteiger partial charge < -0.3 is 19.9 Å². The van der Waals surface area contributed by atoms with Gasteiger partial charge in [-0.15, -0.1) is 0 Å². The third kappa shape index (κ3) is 5.25. The lowest BCUT2D eigenvalue weighted by atomic mass is 9.97. The van der Waals surface area contributed by atoms with Crippen LogP contribution in [0.25, 0.3) is 5.57 Å². The summed E-state index contributed by atoms with van der Waals surface area (Å²) in [5.74, 6) is 0.996. The number of carbonyl (C=O) groups is 2. The summed E-state index contributed by atoms with van der Waals surface area (Å²) in [6, 6.07) is 9.13. The Morgan fingerprint density at radius 2 is 2.12 bits per heavy atom. The van der Waals surface area contributed by atoms with Crippen LogP contribution in [0.2, 0.25) is 0 Å². The Hall–Kier alpha value is -3.61. The van der Waals surface area contributed by atoms with Crippen molar-refractivity contribution in [2.75, 3.05) is 33.7 Å². The molecule has 0 spiro atoms. The van der Waals surface area contributed by atoms with Crippen molar-refractivity contribution in [1.82, 2.24) is 20.1 Å². The molecule has 1 aromatic heterocycles. The highest BCUT2D eigenvalue weighted by Gasteiger charge is 2.27. The Bertz CT molecular complexity index is 1110. The van der Waals surface area contributed by atoms with Crippen LogP contribution >= 0.6 is 0 Å². The van der Waals surface area contributed by atoms with Gasteiger partial charge in [-0.05, 0) is 38.0 Å². The molecular weight excluding hydrogens is 416 g/mol. The molecule has 4 rings (SSSR count). The highest BCUT2D eigenvalue weighted by atomic mass is 16.5. The monoisotopic (exact) mass is 446 g/mol. The number of hydrogen-bond acceptors (Lipinski definition) is 5. The van der Waals surface area contributed by atoms with Crippen molar-refractivity contribution >= 4 is 17.4 Å². The molecule has 0 radical (unpaired) electrons. The van der Waals surface area contributed by atoms with E-state index in [4.69, 9.17) is 4.74 Å². The zero-order valence-corrected chi connectivity index (χ0v) is 19.4.